The van der Waals surface area contributed by atoms with Crippen LogP contribution in [0.5, 0.6) is 0 Å². The highest BCUT2D eigenvalue weighted by Gasteiger charge is 2.40. The van der Waals surface area contributed by atoms with Crippen LogP contribution in [0.1, 0.15) is 48.9 Å². The molecule has 0 spiro atoms. The molecule has 3 aromatic heterocycles. The number of hydrogen-bond acceptors (Lipinski definition) is 6. The van der Waals surface area contributed by atoms with Gasteiger partial charge in [-0.2, -0.15) is 0 Å². The van der Waals surface area contributed by atoms with Crippen LogP contribution in [0.2, 0.25) is 0 Å². The van der Waals surface area contributed by atoms with Crippen LogP contribution in [0.25, 0.3) is 22.2 Å². The summed E-state index contributed by atoms with van der Waals surface area (Å²) >= 11 is 0. The van der Waals surface area contributed by atoms with Gasteiger partial charge in [-0.25, -0.2) is 9.97 Å². The number of nitrogens with one attached hydrogen (secondary N) is 3. The monoisotopic (exact) mass is 785 g/mol. The van der Waals surface area contributed by atoms with Crippen molar-refractivity contribution in [2.45, 2.75) is 49.9 Å². The Balaban J connectivity index is 0.853. The lowest BCUT2D eigenvalue weighted by molar-refractivity contribution is -0.138. The molecule has 296 valence electrons. The van der Waals surface area contributed by atoms with Gasteiger partial charge in [0.25, 0.3) is 11.8 Å². The molecule has 7 aromatic rings. The third-order valence-corrected chi connectivity index (χ3v) is 11.4. The van der Waals surface area contributed by atoms with E-state index in [0.717, 1.165) is 46.1 Å². The van der Waals surface area contributed by atoms with Crippen molar-refractivity contribution in [3.8, 4) is 11.3 Å². The lowest BCUT2D eigenvalue weighted by atomic mass is 10.0. The summed E-state index contributed by atoms with van der Waals surface area (Å²) < 4.78 is 3.57. The van der Waals surface area contributed by atoms with Crippen LogP contribution in [0.15, 0.2) is 147 Å². The maximum atomic E-state index is 14.1. The lowest BCUT2D eigenvalue weighted by Gasteiger charge is -2.29. The number of hydrogen-bond donors (Lipinski definition) is 3. The zero-order valence-corrected chi connectivity index (χ0v) is 32.2. The summed E-state index contributed by atoms with van der Waals surface area (Å²) in [4.78, 5) is 70.6. The first-order valence-corrected chi connectivity index (χ1v) is 19.9. The topological polar surface area (TPSA) is 150 Å². The summed E-state index contributed by atoms with van der Waals surface area (Å²) in [5, 5.41) is 7.02. The van der Waals surface area contributed by atoms with Gasteiger partial charge in [-0.05, 0) is 78.8 Å². The maximum absolute atomic E-state index is 14.1. The number of amides is 4. The molecule has 3 N–H and O–H groups in total. The Morgan fingerprint density at radius 3 is 1.63 bits per heavy atom. The van der Waals surface area contributed by atoms with E-state index >= 15 is 0 Å². The molecule has 13 nitrogen and oxygen atoms in total. The lowest BCUT2D eigenvalue weighted by Crippen LogP contribution is -2.46. The minimum absolute atomic E-state index is 0.141. The van der Waals surface area contributed by atoms with E-state index in [9.17, 15) is 19.2 Å². The van der Waals surface area contributed by atoms with Crippen LogP contribution < -0.4 is 10.6 Å². The number of H-pyrrole nitrogens is 1. The van der Waals surface area contributed by atoms with E-state index < -0.39 is 24.2 Å². The van der Waals surface area contributed by atoms with E-state index in [0.29, 0.717) is 37.3 Å². The fraction of sp³-hybridized carbons (Fsp3) is 0.217. The third kappa shape index (κ3) is 7.62. The number of aromatic amines is 1. The van der Waals surface area contributed by atoms with Crippen molar-refractivity contribution in [2.75, 3.05) is 23.7 Å². The second kappa shape index (κ2) is 16.3. The molecule has 5 heterocycles. The van der Waals surface area contributed by atoms with Gasteiger partial charge in [-0.3, -0.25) is 19.2 Å². The number of carbonyl (C=O) groups excluding carboxylic acids is 4. The van der Waals surface area contributed by atoms with Crippen LogP contribution in [0.4, 0.5) is 11.4 Å². The highest BCUT2D eigenvalue weighted by molar-refractivity contribution is 6.01. The first-order valence-electron chi connectivity index (χ1n) is 19.9. The molecule has 4 atom stereocenters. The van der Waals surface area contributed by atoms with E-state index in [-0.39, 0.29) is 23.6 Å². The van der Waals surface area contributed by atoms with Gasteiger partial charge in [0.15, 0.2) is 0 Å². The normalized spacial score (nSPS) is 17.5. The van der Waals surface area contributed by atoms with Gasteiger partial charge in [0.05, 0.1) is 12.7 Å². The summed E-state index contributed by atoms with van der Waals surface area (Å²) in [5.74, 6) is -0.726. The van der Waals surface area contributed by atoms with Gasteiger partial charge in [0.1, 0.15) is 24.2 Å². The van der Waals surface area contributed by atoms with Crippen molar-refractivity contribution in [3.63, 3.8) is 0 Å². The first kappa shape index (κ1) is 37.3. The van der Waals surface area contributed by atoms with Gasteiger partial charge < -0.3 is 34.6 Å². The van der Waals surface area contributed by atoms with Crippen LogP contribution in [0, 0.1) is 0 Å². The summed E-state index contributed by atoms with van der Waals surface area (Å²) in [5.41, 5.74) is 5.62. The molecule has 9 rings (SSSR count). The number of carbonyl (C=O) groups is 4. The highest BCUT2D eigenvalue weighted by atomic mass is 16.2. The molecular weight excluding hydrogens is 743 g/mol. The van der Waals surface area contributed by atoms with Crippen molar-refractivity contribution in [1.29, 1.82) is 0 Å². The van der Waals surface area contributed by atoms with Gasteiger partial charge in [-0.15, -0.1) is 0 Å². The minimum atomic E-state index is -0.618. The van der Waals surface area contributed by atoms with E-state index in [1.165, 1.54) is 0 Å². The third-order valence-electron chi connectivity index (χ3n) is 11.4. The minimum Gasteiger partial charge on any atom is -0.355 e. The van der Waals surface area contributed by atoms with Crippen molar-refractivity contribution in [2.24, 2.45) is 0 Å². The molecule has 1 unspecified atom stereocenters. The Morgan fingerprint density at radius 1 is 0.610 bits per heavy atom. The predicted molar refractivity (Wildman–Crippen MR) is 224 cm³/mol. The molecule has 59 heavy (non-hydrogen) atoms. The molecule has 13 heteroatoms. The van der Waals surface area contributed by atoms with Crippen LogP contribution >= 0.6 is 0 Å². The molecule has 0 aliphatic carbocycles. The van der Waals surface area contributed by atoms with E-state index in [2.05, 4.69) is 25.6 Å². The van der Waals surface area contributed by atoms with Crippen molar-refractivity contribution >= 4 is 45.9 Å². The predicted octanol–water partition coefficient (Wildman–Crippen LogP) is 6.67. The van der Waals surface area contributed by atoms with Crippen LogP contribution in [0.3, 0.4) is 0 Å². The number of benzene rings is 4. The van der Waals surface area contributed by atoms with Gasteiger partial charge in [-0.1, -0.05) is 72.8 Å². The molecule has 0 radical (unpaired) electrons. The largest absolute Gasteiger partial charge is 0.355 e. The fourth-order valence-corrected chi connectivity index (χ4v) is 8.47. The first-order chi connectivity index (χ1) is 28.9. The Morgan fingerprint density at radius 2 is 1.12 bits per heavy atom. The molecule has 0 bridgehead atoms. The second-order valence-electron chi connectivity index (χ2n) is 15.1. The zero-order valence-electron chi connectivity index (χ0n) is 32.2. The van der Waals surface area contributed by atoms with Gasteiger partial charge >= 0.3 is 0 Å². The Hall–Kier alpha value is -7.28. The van der Waals surface area contributed by atoms with Crippen LogP contribution in [-0.4, -0.2) is 82.7 Å². The van der Waals surface area contributed by atoms with Crippen molar-refractivity contribution in [1.82, 2.24) is 33.9 Å². The Bertz CT molecular complexity index is 2570. The Kier molecular flexibility index (Phi) is 10.3. The number of fused-ring (bicyclic) bond motifs is 1. The standard InChI is InChI=1S/C46H43N9O4/c56-43(39-13-7-23-54(39)45(58)41(52-25-21-47-29-52)32-9-3-1-4-10-32)49-35-17-15-31(16-18-35)38-28-34-27-36(19-20-37(34)51-38)50-44(57)40-14-8-24-55(40)46(59)42(53-26-22-48-30-53)33-11-5-2-6-12-33/h1-6,9-12,15-22,25-30,39-42,51H,7-8,13-14,23-24H2,(H,49,56)(H,50,57)/t39-,40?,41+,42-/m0/s1. The summed E-state index contributed by atoms with van der Waals surface area (Å²) in [6.45, 7) is 0.999. The van der Waals surface area contributed by atoms with Crippen LogP contribution in [-0.2, 0) is 19.2 Å². The Labute approximate surface area is 340 Å². The number of likely N-dealkylation sites (tertiary alicyclic amines) is 2. The second-order valence-corrected chi connectivity index (χ2v) is 15.1. The summed E-state index contributed by atoms with van der Waals surface area (Å²) in [7, 11) is 0. The van der Waals surface area contributed by atoms with Crippen molar-refractivity contribution in [3.05, 3.63) is 158 Å². The molecule has 2 fully saturated rings. The highest BCUT2D eigenvalue weighted by Crippen LogP contribution is 2.31. The quantitative estimate of drug-likeness (QED) is 0.134. The molecule has 4 aromatic carbocycles. The van der Waals surface area contributed by atoms with Crippen molar-refractivity contribution < 1.29 is 19.2 Å². The average molecular weight is 786 g/mol. The maximum Gasteiger partial charge on any atom is 0.250 e. The molecule has 2 saturated heterocycles. The molecule has 4 amide bonds. The van der Waals surface area contributed by atoms with E-state index in [4.69, 9.17) is 0 Å². The number of imidazole rings is 2. The smallest absolute Gasteiger partial charge is 0.250 e. The zero-order chi connectivity index (χ0) is 40.3. The molecule has 2 aliphatic rings. The van der Waals surface area contributed by atoms with E-state index in [1.54, 1.807) is 56.4 Å². The van der Waals surface area contributed by atoms with Gasteiger partial charge in [0.2, 0.25) is 11.8 Å². The number of aromatic nitrogens is 5. The summed E-state index contributed by atoms with van der Waals surface area (Å²) in [6.07, 6.45) is 12.7. The number of rotatable bonds is 11. The SMILES string of the molecule is O=C(Nc1ccc2[nH]c(-c3ccc(NC(=O)[C@@H]4CCCN4C(=O)[C@@H](c4ccccc4)n4ccnc4)cc3)cc2c1)C1CCCN1C(=O)[C@H](c1ccccc1)n1ccnc1. The van der Waals surface area contributed by atoms with Gasteiger partial charge in [0, 0.05) is 65.8 Å². The number of anilines is 2. The molecule has 0 saturated carbocycles. The van der Waals surface area contributed by atoms with E-state index in [1.807, 2.05) is 109 Å². The molecule has 2 aliphatic heterocycles. The molecular formula is C46H43N9O4. The fourth-order valence-electron chi connectivity index (χ4n) is 8.47. The number of nitrogens with zero attached hydrogens (tertiary/aromatic N) is 6. The summed E-state index contributed by atoms with van der Waals surface area (Å²) in [6, 6.07) is 32.0. The average Bonchev–Trinajstić information content (AvgIpc) is 4.12.